The van der Waals surface area contributed by atoms with Crippen LogP contribution in [0.5, 0.6) is 0 Å². The van der Waals surface area contributed by atoms with Crippen molar-refractivity contribution < 1.29 is 9.53 Å². The predicted octanol–water partition coefficient (Wildman–Crippen LogP) is 2.58. The van der Waals surface area contributed by atoms with Gasteiger partial charge in [-0.3, -0.25) is 4.79 Å². The third-order valence-electron chi connectivity index (χ3n) is 2.07. The average Bonchev–Trinajstić information content (AvgIpc) is 2.17. The minimum atomic E-state index is -0.291. The molecule has 0 saturated heterocycles. The van der Waals surface area contributed by atoms with Gasteiger partial charge in [-0.15, -0.1) is 0 Å². The van der Waals surface area contributed by atoms with Crippen LogP contribution < -0.4 is 0 Å². The Bertz CT molecular complexity index is 449. The van der Waals surface area contributed by atoms with Crippen molar-refractivity contribution >= 4 is 28.6 Å². The number of carbonyl (C=O) groups excluding carboxylic acids is 1. The number of halogens is 1. The van der Waals surface area contributed by atoms with Crippen LogP contribution in [0.2, 0.25) is 0 Å². The summed E-state index contributed by atoms with van der Waals surface area (Å²) in [5, 5.41) is 9.03. The zero-order valence-electron chi connectivity index (χ0n) is 9.21. The second kappa shape index (κ2) is 5.85. The fraction of sp³-hybridized carbons (Fsp3) is 0.333. The Morgan fingerprint density at radius 1 is 1.56 bits per heavy atom. The molecule has 1 aromatic carbocycles. The van der Waals surface area contributed by atoms with Crippen LogP contribution in [0.15, 0.2) is 12.1 Å². The molecular weight excluding hydrogens is 317 g/mol. The Hall–Kier alpha value is -1.09. The first-order valence-electron chi connectivity index (χ1n) is 4.93. The Labute approximate surface area is 109 Å². The van der Waals surface area contributed by atoms with E-state index in [0.29, 0.717) is 12.2 Å². The molecule has 1 rings (SSSR count). The van der Waals surface area contributed by atoms with Crippen molar-refractivity contribution in [3.63, 3.8) is 0 Å². The van der Waals surface area contributed by atoms with E-state index in [-0.39, 0.29) is 12.4 Å². The minimum Gasteiger partial charge on any atom is -0.466 e. The molecule has 16 heavy (non-hydrogen) atoms. The van der Waals surface area contributed by atoms with Gasteiger partial charge in [-0.1, -0.05) is 6.07 Å². The third-order valence-corrected chi connectivity index (χ3v) is 2.92. The van der Waals surface area contributed by atoms with Crippen LogP contribution in [0, 0.1) is 21.8 Å². The molecule has 84 valence electrons. The fourth-order valence-electron chi connectivity index (χ4n) is 1.45. The monoisotopic (exact) mass is 329 g/mol. The summed E-state index contributed by atoms with van der Waals surface area (Å²) in [6.07, 6.45) is 0.161. The summed E-state index contributed by atoms with van der Waals surface area (Å²) < 4.78 is 5.75. The van der Waals surface area contributed by atoms with E-state index in [1.807, 2.05) is 19.1 Å². The first-order valence-corrected chi connectivity index (χ1v) is 6.01. The quantitative estimate of drug-likeness (QED) is 0.633. The number of hydrogen-bond donors (Lipinski definition) is 0. The smallest absolute Gasteiger partial charge is 0.310 e. The summed E-state index contributed by atoms with van der Waals surface area (Å²) >= 11 is 2.11. The van der Waals surface area contributed by atoms with Gasteiger partial charge < -0.3 is 4.74 Å². The molecule has 0 N–H and O–H groups in total. The summed E-state index contributed by atoms with van der Waals surface area (Å²) in [6.45, 7) is 4.07. The SMILES string of the molecule is CCOC(=O)Cc1cc(C)cc(I)c1C#N. The van der Waals surface area contributed by atoms with E-state index in [0.717, 1.165) is 14.7 Å². The van der Waals surface area contributed by atoms with Crippen molar-refractivity contribution in [3.05, 3.63) is 32.4 Å². The van der Waals surface area contributed by atoms with Crippen molar-refractivity contribution in [1.29, 1.82) is 5.26 Å². The van der Waals surface area contributed by atoms with Crippen molar-refractivity contribution in [3.8, 4) is 6.07 Å². The highest BCUT2D eigenvalue weighted by molar-refractivity contribution is 14.1. The molecule has 1 aromatic rings. The van der Waals surface area contributed by atoms with Gasteiger partial charge in [0.2, 0.25) is 0 Å². The van der Waals surface area contributed by atoms with Crippen molar-refractivity contribution in [2.75, 3.05) is 6.61 Å². The number of aryl methyl sites for hydroxylation is 1. The first kappa shape index (κ1) is 13.0. The standard InChI is InChI=1S/C12H12INO2/c1-3-16-12(15)6-9-4-8(2)5-11(13)10(9)7-14/h4-5H,3,6H2,1-2H3. The third kappa shape index (κ3) is 3.20. The van der Waals surface area contributed by atoms with Gasteiger partial charge >= 0.3 is 5.97 Å². The number of esters is 1. The van der Waals surface area contributed by atoms with Gasteiger partial charge in [0.25, 0.3) is 0 Å². The van der Waals surface area contributed by atoms with Gasteiger partial charge in [-0.05, 0) is 53.6 Å². The molecule has 0 unspecified atom stereocenters. The molecule has 0 aliphatic rings. The Morgan fingerprint density at radius 2 is 2.25 bits per heavy atom. The van der Waals surface area contributed by atoms with E-state index >= 15 is 0 Å². The molecule has 0 radical (unpaired) electrons. The number of benzene rings is 1. The molecule has 0 fully saturated rings. The summed E-state index contributed by atoms with van der Waals surface area (Å²) in [6, 6.07) is 5.91. The predicted molar refractivity (Wildman–Crippen MR) is 68.9 cm³/mol. The van der Waals surface area contributed by atoms with E-state index in [2.05, 4.69) is 28.7 Å². The van der Waals surface area contributed by atoms with Crippen LogP contribution in [0.1, 0.15) is 23.6 Å². The molecule has 3 nitrogen and oxygen atoms in total. The Kier molecular flexibility index (Phi) is 4.74. The van der Waals surface area contributed by atoms with Gasteiger partial charge in [-0.2, -0.15) is 5.26 Å². The minimum absolute atomic E-state index is 0.161. The maximum absolute atomic E-state index is 11.4. The lowest BCUT2D eigenvalue weighted by Gasteiger charge is -2.07. The number of nitriles is 1. The lowest BCUT2D eigenvalue weighted by atomic mass is 10.0. The van der Waals surface area contributed by atoms with Gasteiger partial charge in [0.1, 0.15) is 6.07 Å². The van der Waals surface area contributed by atoms with Gasteiger partial charge in [0.05, 0.1) is 18.6 Å². The number of carbonyl (C=O) groups is 1. The van der Waals surface area contributed by atoms with E-state index < -0.39 is 0 Å². The second-order valence-electron chi connectivity index (χ2n) is 3.37. The second-order valence-corrected chi connectivity index (χ2v) is 4.54. The highest BCUT2D eigenvalue weighted by Gasteiger charge is 2.12. The number of ether oxygens (including phenoxy) is 1. The van der Waals surface area contributed by atoms with E-state index in [4.69, 9.17) is 10.00 Å². The van der Waals surface area contributed by atoms with Crippen LogP contribution in [0.4, 0.5) is 0 Å². The van der Waals surface area contributed by atoms with Crippen LogP contribution in [0.25, 0.3) is 0 Å². The molecule has 0 atom stereocenters. The lowest BCUT2D eigenvalue weighted by molar-refractivity contribution is -0.142. The molecule has 0 aliphatic carbocycles. The zero-order valence-corrected chi connectivity index (χ0v) is 11.4. The number of hydrogen-bond acceptors (Lipinski definition) is 3. The van der Waals surface area contributed by atoms with Crippen LogP contribution in [0.3, 0.4) is 0 Å². The molecule has 0 bridgehead atoms. The van der Waals surface area contributed by atoms with E-state index in [1.165, 1.54) is 0 Å². The maximum Gasteiger partial charge on any atom is 0.310 e. The largest absolute Gasteiger partial charge is 0.466 e. The molecular formula is C12H12INO2. The molecule has 4 heteroatoms. The normalized spacial score (nSPS) is 9.62. The summed E-state index contributed by atoms with van der Waals surface area (Å²) in [5.41, 5.74) is 2.35. The topological polar surface area (TPSA) is 50.1 Å². The van der Waals surface area contributed by atoms with E-state index in [9.17, 15) is 4.79 Å². The number of rotatable bonds is 3. The van der Waals surface area contributed by atoms with Crippen LogP contribution >= 0.6 is 22.6 Å². The lowest BCUT2D eigenvalue weighted by Crippen LogP contribution is -2.09. The van der Waals surface area contributed by atoms with Gasteiger partial charge in [-0.25, -0.2) is 0 Å². The Morgan fingerprint density at radius 3 is 2.81 bits per heavy atom. The maximum atomic E-state index is 11.4. The summed E-state index contributed by atoms with van der Waals surface area (Å²) in [5.74, 6) is -0.291. The van der Waals surface area contributed by atoms with Gasteiger partial charge in [0.15, 0.2) is 0 Å². The Balaban J connectivity index is 3.04. The average molecular weight is 329 g/mol. The van der Waals surface area contributed by atoms with Gasteiger partial charge in [0, 0.05) is 3.57 Å². The van der Waals surface area contributed by atoms with Crippen LogP contribution in [-0.4, -0.2) is 12.6 Å². The zero-order chi connectivity index (χ0) is 12.1. The first-order chi connectivity index (χ1) is 7.58. The molecule has 0 aliphatic heterocycles. The number of nitrogens with zero attached hydrogens (tertiary/aromatic N) is 1. The summed E-state index contributed by atoms with van der Waals surface area (Å²) in [4.78, 5) is 11.4. The molecule has 0 saturated carbocycles. The molecule has 0 amide bonds. The van der Waals surface area contributed by atoms with Crippen LogP contribution in [-0.2, 0) is 16.0 Å². The molecule has 0 spiro atoms. The van der Waals surface area contributed by atoms with Crippen molar-refractivity contribution in [2.45, 2.75) is 20.3 Å². The highest BCUT2D eigenvalue weighted by atomic mass is 127. The van der Waals surface area contributed by atoms with Crippen molar-refractivity contribution in [1.82, 2.24) is 0 Å². The molecule has 0 heterocycles. The molecule has 0 aromatic heterocycles. The van der Waals surface area contributed by atoms with E-state index in [1.54, 1.807) is 6.92 Å². The highest BCUT2D eigenvalue weighted by Crippen LogP contribution is 2.19. The van der Waals surface area contributed by atoms with Crippen molar-refractivity contribution in [2.24, 2.45) is 0 Å². The summed E-state index contributed by atoms with van der Waals surface area (Å²) in [7, 11) is 0. The fourth-order valence-corrected chi connectivity index (χ4v) is 2.40.